The summed E-state index contributed by atoms with van der Waals surface area (Å²) >= 11 is 6.51. The second-order valence-corrected chi connectivity index (χ2v) is 7.81. The minimum atomic E-state index is -0.128. The summed E-state index contributed by atoms with van der Waals surface area (Å²) < 4.78 is 2.12. The Balaban J connectivity index is 1.84. The van der Waals surface area contributed by atoms with Crippen molar-refractivity contribution in [3.8, 4) is 0 Å². The Labute approximate surface area is 170 Å². The van der Waals surface area contributed by atoms with E-state index in [1.54, 1.807) is 0 Å². The molecular formula is C25H15ClN2O. The molecule has 0 aliphatic rings. The summed E-state index contributed by atoms with van der Waals surface area (Å²) in [6, 6.07) is 24.2. The first kappa shape index (κ1) is 16.5. The van der Waals surface area contributed by atoms with Gasteiger partial charge in [0.05, 0.1) is 27.1 Å². The fourth-order valence-electron chi connectivity index (χ4n) is 4.33. The van der Waals surface area contributed by atoms with E-state index in [0.717, 1.165) is 43.6 Å². The third kappa shape index (κ3) is 2.25. The van der Waals surface area contributed by atoms with Gasteiger partial charge in [-0.3, -0.25) is 4.79 Å². The van der Waals surface area contributed by atoms with Crippen molar-refractivity contribution in [3.63, 3.8) is 0 Å². The van der Waals surface area contributed by atoms with Gasteiger partial charge >= 0.3 is 0 Å². The lowest BCUT2D eigenvalue weighted by atomic mass is 10.0. The van der Waals surface area contributed by atoms with Crippen LogP contribution in [-0.2, 0) is 7.05 Å². The highest BCUT2D eigenvalue weighted by atomic mass is 35.5. The molecule has 0 bridgehead atoms. The molecule has 29 heavy (non-hydrogen) atoms. The fraction of sp³-hybridized carbons (Fsp3) is 0.0400. The normalized spacial score (nSPS) is 11.9. The number of fused-ring (bicyclic) bond motifs is 6. The summed E-state index contributed by atoms with van der Waals surface area (Å²) in [6.07, 6.45) is 0. The standard InChI is InChI=1S/C25H15ClN2O/c1-28-22-11-15-7-3-2-6-14(15)10-20(22)27-21-12-18-16-8-4-5-9-17(16)25(29)24(26)19(18)13-23(21)28/h2-13H,1H3. The van der Waals surface area contributed by atoms with Crippen LogP contribution in [0, 0.1) is 0 Å². The Morgan fingerprint density at radius 2 is 1.34 bits per heavy atom. The van der Waals surface area contributed by atoms with E-state index in [2.05, 4.69) is 28.8 Å². The molecule has 0 fully saturated rings. The summed E-state index contributed by atoms with van der Waals surface area (Å²) in [7, 11) is 2.03. The van der Waals surface area contributed by atoms with Crippen molar-refractivity contribution in [2.75, 3.05) is 0 Å². The Morgan fingerprint density at radius 1 is 0.724 bits per heavy atom. The van der Waals surface area contributed by atoms with Gasteiger partial charge in [-0.15, -0.1) is 0 Å². The van der Waals surface area contributed by atoms with Gasteiger partial charge in [0.25, 0.3) is 0 Å². The molecule has 5 aromatic carbocycles. The van der Waals surface area contributed by atoms with Crippen LogP contribution in [0.3, 0.4) is 0 Å². The van der Waals surface area contributed by atoms with Gasteiger partial charge in [0.2, 0.25) is 5.43 Å². The van der Waals surface area contributed by atoms with E-state index in [4.69, 9.17) is 16.6 Å². The van der Waals surface area contributed by atoms with Crippen LogP contribution in [0.25, 0.3) is 54.4 Å². The van der Waals surface area contributed by atoms with Crippen molar-refractivity contribution in [2.24, 2.45) is 7.05 Å². The van der Waals surface area contributed by atoms with Gasteiger partial charge in [0.1, 0.15) is 0 Å². The highest BCUT2D eigenvalue weighted by Crippen LogP contribution is 2.33. The minimum absolute atomic E-state index is 0.128. The van der Waals surface area contributed by atoms with Crippen molar-refractivity contribution >= 4 is 66.0 Å². The number of aromatic nitrogens is 2. The van der Waals surface area contributed by atoms with E-state index in [0.29, 0.717) is 5.39 Å². The number of benzene rings is 5. The molecule has 0 N–H and O–H groups in total. The molecule has 0 aliphatic heterocycles. The van der Waals surface area contributed by atoms with Crippen LogP contribution in [0.15, 0.2) is 77.6 Å². The zero-order chi connectivity index (χ0) is 19.7. The van der Waals surface area contributed by atoms with Gasteiger partial charge in [-0.1, -0.05) is 60.1 Å². The Morgan fingerprint density at radius 3 is 2.14 bits per heavy atom. The predicted molar refractivity (Wildman–Crippen MR) is 122 cm³/mol. The summed E-state index contributed by atoms with van der Waals surface area (Å²) in [4.78, 5) is 17.7. The lowest BCUT2D eigenvalue weighted by Gasteiger charge is -2.14. The molecule has 4 heteroatoms. The predicted octanol–water partition coefficient (Wildman–Crippen LogP) is 6.20. The Kier molecular flexibility index (Phi) is 3.30. The van der Waals surface area contributed by atoms with Crippen LogP contribution in [0.1, 0.15) is 0 Å². The number of halogens is 1. The van der Waals surface area contributed by atoms with Gasteiger partial charge in [0, 0.05) is 17.8 Å². The molecule has 0 saturated carbocycles. The molecule has 0 radical (unpaired) electrons. The maximum atomic E-state index is 12.8. The van der Waals surface area contributed by atoms with Crippen LogP contribution in [-0.4, -0.2) is 9.55 Å². The molecule has 0 unspecified atom stereocenters. The molecule has 6 rings (SSSR count). The summed E-state index contributed by atoms with van der Waals surface area (Å²) in [5.41, 5.74) is 3.67. The average molecular weight is 395 g/mol. The molecule has 0 aliphatic carbocycles. The highest BCUT2D eigenvalue weighted by Gasteiger charge is 2.14. The monoisotopic (exact) mass is 394 g/mol. The lowest BCUT2D eigenvalue weighted by Crippen LogP contribution is -2.04. The molecule has 0 atom stereocenters. The molecule has 138 valence electrons. The van der Waals surface area contributed by atoms with Gasteiger partial charge < -0.3 is 4.57 Å². The lowest BCUT2D eigenvalue weighted by molar-refractivity contribution is 0.998. The number of hydrogen-bond acceptors (Lipinski definition) is 2. The summed E-state index contributed by atoms with van der Waals surface area (Å²) in [5, 5.41) is 5.85. The quantitative estimate of drug-likeness (QED) is 0.227. The van der Waals surface area contributed by atoms with E-state index in [1.807, 2.05) is 55.6 Å². The highest BCUT2D eigenvalue weighted by molar-refractivity contribution is 6.38. The second kappa shape index (κ2) is 5.79. The van der Waals surface area contributed by atoms with Crippen molar-refractivity contribution < 1.29 is 0 Å². The third-order valence-corrected chi connectivity index (χ3v) is 6.19. The topological polar surface area (TPSA) is 34.9 Å². The second-order valence-electron chi connectivity index (χ2n) is 7.43. The average Bonchev–Trinajstić information content (AvgIpc) is 2.76. The zero-order valence-electron chi connectivity index (χ0n) is 15.6. The Bertz CT molecular complexity index is 1700. The van der Waals surface area contributed by atoms with Crippen molar-refractivity contribution in [1.82, 2.24) is 9.55 Å². The maximum absolute atomic E-state index is 12.8. The fourth-order valence-corrected chi connectivity index (χ4v) is 4.59. The van der Waals surface area contributed by atoms with E-state index in [9.17, 15) is 4.79 Å². The molecular weight excluding hydrogens is 380 g/mol. The van der Waals surface area contributed by atoms with Crippen LogP contribution in [0.2, 0.25) is 5.02 Å². The van der Waals surface area contributed by atoms with Crippen molar-refractivity contribution in [3.05, 3.63) is 88.0 Å². The first-order valence-corrected chi connectivity index (χ1v) is 9.83. The smallest absolute Gasteiger partial charge is 0.205 e. The third-order valence-electron chi connectivity index (χ3n) is 5.82. The van der Waals surface area contributed by atoms with Gasteiger partial charge in [-0.05, 0) is 45.8 Å². The zero-order valence-corrected chi connectivity index (χ0v) is 16.4. The largest absolute Gasteiger partial charge is 0.341 e. The molecule has 1 aromatic heterocycles. The summed E-state index contributed by atoms with van der Waals surface area (Å²) in [6.45, 7) is 0. The van der Waals surface area contributed by atoms with Crippen molar-refractivity contribution in [1.29, 1.82) is 0 Å². The van der Waals surface area contributed by atoms with Gasteiger partial charge in [-0.25, -0.2) is 4.98 Å². The SMILES string of the molecule is Cn1c2cc3ccccc3cc2nc2cc3c(cc21)c(Cl)c(=O)c1ccccc13. The summed E-state index contributed by atoms with van der Waals surface area (Å²) in [5.74, 6) is 0. The van der Waals surface area contributed by atoms with Gasteiger partial charge in [0.15, 0.2) is 0 Å². The molecule has 0 saturated heterocycles. The molecule has 0 amide bonds. The molecule has 0 spiro atoms. The van der Waals surface area contributed by atoms with E-state index in [1.165, 1.54) is 5.39 Å². The number of rotatable bonds is 0. The van der Waals surface area contributed by atoms with Gasteiger partial charge in [-0.2, -0.15) is 0 Å². The van der Waals surface area contributed by atoms with E-state index < -0.39 is 0 Å². The number of aryl methyl sites for hydroxylation is 1. The maximum Gasteiger partial charge on any atom is 0.205 e. The van der Waals surface area contributed by atoms with Crippen LogP contribution < -0.4 is 5.43 Å². The van der Waals surface area contributed by atoms with Crippen LogP contribution >= 0.6 is 11.6 Å². The van der Waals surface area contributed by atoms with E-state index in [-0.39, 0.29) is 10.5 Å². The van der Waals surface area contributed by atoms with Crippen LogP contribution in [0.4, 0.5) is 0 Å². The number of hydrogen-bond donors (Lipinski definition) is 0. The van der Waals surface area contributed by atoms with Crippen molar-refractivity contribution in [2.45, 2.75) is 0 Å². The van der Waals surface area contributed by atoms with E-state index >= 15 is 0 Å². The number of nitrogens with zero attached hydrogens (tertiary/aromatic N) is 2. The Hall–Kier alpha value is -3.43. The first-order valence-electron chi connectivity index (χ1n) is 9.45. The first-order chi connectivity index (χ1) is 14.1. The molecule has 3 nitrogen and oxygen atoms in total. The molecule has 6 aromatic rings. The molecule has 1 heterocycles. The minimum Gasteiger partial charge on any atom is -0.341 e. The van der Waals surface area contributed by atoms with Crippen LogP contribution in [0.5, 0.6) is 0 Å².